The molecule has 0 atom stereocenters. The molecule has 3 heterocycles. The molecule has 0 radical (unpaired) electrons. The molecule has 2 aromatic heterocycles. The van der Waals surface area contributed by atoms with E-state index in [4.69, 9.17) is 0 Å². The first kappa shape index (κ1) is 14.8. The lowest BCUT2D eigenvalue weighted by Gasteiger charge is -2.36. The van der Waals surface area contributed by atoms with Gasteiger partial charge in [-0.15, -0.1) is 15.3 Å². The van der Waals surface area contributed by atoms with E-state index in [1.54, 1.807) is 22.2 Å². The lowest BCUT2D eigenvalue weighted by Crippen LogP contribution is -2.46. The van der Waals surface area contributed by atoms with Crippen LogP contribution in [0.2, 0.25) is 0 Å². The molecule has 0 aromatic carbocycles. The van der Waals surface area contributed by atoms with Crippen LogP contribution >= 0.6 is 0 Å². The highest BCUT2D eigenvalue weighted by Gasteiger charge is 2.41. The zero-order valence-corrected chi connectivity index (χ0v) is 13.9. The smallest absolute Gasteiger partial charge is 0.216 e. The van der Waals surface area contributed by atoms with Crippen LogP contribution in [0.3, 0.4) is 0 Å². The highest BCUT2D eigenvalue weighted by molar-refractivity contribution is 7.90. The summed E-state index contributed by atoms with van der Waals surface area (Å²) in [6.07, 6.45) is 4.86. The summed E-state index contributed by atoms with van der Waals surface area (Å²) in [4.78, 5) is 2.19. The Kier molecular flexibility index (Phi) is 3.49. The van der Waals surface area contributed by atoms with Gasteiger partial charge < -0.3 is 4.90 Å². The van der Waals surface area contributed by atoms with Crippen molar-refractivity contribution in [2.75, 3.05) is 25.0 Å². The van der Waals surface area contributed by atoms with E-state index in [9.17, 15) is 8.42 Å². The fourth-order valence-corrected chi connectivity index (χ4v) is 4.98. The molecule has 0 unspecified atom stereocenters. The molecule has 9 heteroatoms. The highest BCUT2D eigenvalue weighted by atomic mass is 32.2. The molecule has 1 saturated heterocycles. The number of rotatable bonds is 4. The standard InChI is InChI=1S/C14H20N6O2S/c1-18(23(21,22)12-2-3-12)11-6-8-19(9-7-11)14-5-4-13-16-15-10-20(13)17-14/h4-5,10-12H,2-3,6-9H2,1H3. The third-order valence-electron chi connectivity index (χ3n) is 4.80. The quantitative estimate of drug-likeness (QED) is 0.809. The second kappa shape index (κ2) is 5.41. The normalized spacial score (nSPS) is 20.5. The predicted octanol–water partition coefficient (Wildman–Crippen LogP) is 0.517. The van der Waals surface area contributed by atoms with Gasteiger partial charge in [0, 0.05) is 26.2 Å². The van der Waals surface area contributed by atoms with Crippen molar-refractivity contribution < 1.29 is 8.42 Å². The number of anilines is 1. The molecular formula is C14H20N6O2S. The summed E-state index contributed by atoms with van der Waals surface area (Å²) >= 11 is 0. The lowest BCUT2D eigenvalue weighted by molar-refractivity contribution is 0.311. The van der Waals surface area contributed by atoms with Crippen LogP contribution in [-0.2, 0) is 10.0 Å². The average Bonchev–Trinajstić information content (AvgIpc) is 3.33. The van der Waals surface area contributed by atoms with E-state index in [-0.39, 0.29) is 11.3 Å². The average molecular weight is 336 g/mol. The monoisotopic (exact) mass is 336 g/mol. The van der Waals surface area contributed by atoms with Gasteiger partial charge in [0.15, 0.2) is 5.65 Å². The molecule has 0 amide bonds. The molecule has 1 saturated carbocycles. The molecule has 0 spiro atoms. The van der Waals surface area contributed by atoms with Crippen LogP contribution in [0.5, 0.6) is 0 Å². The Hall–Kier alpha value is -1.74. The Morgan fingerprint density at radius 2 is 1.91 bits per heavy atom. The number of hydrogen-bond donors (Lipinski definition) is 0. The predicted molar refractivity (Wildman–Crippen MR) is 85.7 cm³/mol. The van der Waals surface area contributed by atoms with Gasteiger partial charge >= 0.3 is 0 Å². The first-order valence-electron chi connectivity index (χ1n) is 7.94. The Morgan fingerprint density at radius 1 is 1.17 bits per heavy atom. The second-order valence-electron chi connectivity index (χ2n) is 6.30. The molecule has 0 bridgehead atoms. The number of nitrogens with zero attached hydrogens (tertiary/aromatic N) is 6. The van der Waals surface area contributed by atoms with Crippen molar-refractivity contribution in [1.29, 1.82) is 0 Å². The lowest BCUT2D eigenvalue weighted by atomic mass is 10.1. The maximum Gasteiger partial charge on any atom is 0.216 e. The summed E-state index contributed by atoms with van der Waals surface area (Å²) < 4.78 is 28.0. The molecule has 124 valence electrons. The van der Waals surface area contributed by atoms with Crippen molar-refractivity contribution in [3.63, 3.8) is 0 Å². The van der Waals surface area contributed by atoms with Crippen molar-refractivity contribution in [2.45, 2.75) is 37.0 Å². The third-order valence-corrected chi connectivity index (χ3v) is 7.21. The molecular weight excluding hydrogens is 316 g/mol. The van der Waals surface area contributed by atoms with Gasteiger partial charge in [-0.25, -0.2) is 12.7 Å². The Bertz CT molecular complexity index is 808. The van der Waals surface area contributed by atoms with Gasteiger partial charge in [0.1, 0.15) is 12.1 Å². The zero-order chi connectivity index (χ0) is 16.0. The first-order valence-corrected chi connectivity index (χ1v) is 9.45. The number of sulfonamides is 1. The van der Waals surface area contributed by atoms with E-state index in [0.717, 1.165) is 50.2 Å². The third kappa shape index (κ3) is 2.67. The number of hydrogen-bond acceptors (Lipinski definition) is 6. The van der Waals surface area contributed by atoms with Gasteiger partial charge in [0.25, 0.3) is 0 Å². The Balaban J connectivity index is 1.44. The van der Waals surface area contributed by atoms with Gasteiger partial charge in [-0.05, 0) is 37.8 Å². The number of fused-ring (bicyclic) bond motifs is 1. The highest BCUT2D eigenvalue weighted by Crippen LogP contribution is 2.33. The first-order chi connectivity index (χ1) is 11.1. The summed E-state index contributed by atoms with van der Waals surface area (Å²) in [6.45, 7) is 1.60. The Labute approximate surface area is 135 Å². The fraction of sp³-hybridized carbons (Fsp3) is 0.643. The topological polar surface area (TPSA) is 83.7 Å². The molecule has 2 fully saturated rings. The molecule has 4 rings (SSSR count). The van der Waals surface area contributed by atoms with Crippen LogP contribution in [-0.4, -0.2) is 64.0 Å². The van der Waals surface area contributed by atoms with Gasteiger partial charge in [-0.1, -0.05) is 0 Å². The summed E-state index contributed by atoms with van der Waals surface area (Å²) in [6, 6.07) is 3.93. The second-order valence-corrected chi connectivity index (χ2v) is 8.58. The number of aromatic nitrogens is 4. The maximum atomic E-state index is 12.3. The number of piperidine rings is 1. The molecule has 0 N–H and O–H groups in total. The molecule has 1 aliphatic carbocycles. The molecule has 2 aromatic rings. The Morgan fingerprint density at radius 3 is 2.61 bits per heavy atom. The molecule has 23 heavy (non-hydrogen) atoms. The van der Waals surface area contributed by atoms with Crippen LogP contribution in [0.15, 0.2) is 18.5 Å². The van der Waals surface area contributed by atoms with Crippen LogP contribution in [0.1, 0.15) is 25.7 Å². The SMILES string of the molecule is CN(C1CCN(c2ccc3nncn3n2)CC1)S(=O)(=O)C1CC1. The maximum absolute atomic E-state index is 12.3. The largest absolute Gasteiger partial charge is 0.355 e. The van der Waals surface area contributed by atoms with Crippen molar-refractivity contribution in [1.82, 2.24) is 24.1 Å². The molecule has 8 nitrogen and oxygen atoms in total. The minimum atomic E-state index is -3.09. The van der Waals surface area contributed by atoms with E-state index in [2.05, 4.69) is 20.2 Å². The van der Waals surface area contributed by atoms with Crippen LogP contribution in [0.25, 0.3) is 5.65 Å². The van der Waals surface area contributed by atoms with E-state index in [1.807, 2.05) is 12.1 Å². The molecule has 1 aliphatic heterocycles. The van der Waals surface area contributed by atoms with Crippen LogP contribution < -0.4 is 4.90 Å². The summed E-state index contributed by atoms with van der Waals surface area (Å²) in [5, 5.41) is 12.1. The van der Waals surface area contributed by atoms with Gasteiger partial charge in [0.2, 0.25) is 10.0 Å². The van der Waals surface area contributed by atoms with Crippen LogP contribution in [0, 0.1) is 0 Å². The minimum Gasteiger partial charge on any atom is -0.355 e. The van der Waals surface area contributed by atoms with Crippen molar-refractivity contribution >= 4 is 21.5 Å². The molecule has 2 aliphatic rings. The van der Waals surface area contributed by atoms with E-state index >= 15 is 0 Å². The van der Waals surface area contributed by atoms with Gasteiger partial charge in [0.05, 0.1) is 5.25 Å². The fourth-order valence-electron chi connectivity index (χ4n) is 3.15. The van der Waals surface area contributed by atoms with Gasteiger partial charge in [-0.3, -0.25) is 0 Å². The van der Waals surface area contributed by atoms with Crippen molar-refractivity contribution in [2.24, 2.45) is 0 Å². The van der Waals surface area contributed by atoms with E-state index in [1.165, 1.54) is 0 Å². The summed E-state index contributed by atoms with van der Waals surface area (Å²) in [5.41, 5.74) is 0.721. The van der Waals surface area contributed by atoms with Crippen molar-refractivity contribution in [3.05, 3.63) is 18.5 Å². The van der Waals surface area contributed by atoms with Crippen molar-refractivity contribution in [3.8, 4) is 0 Å². The van der Waals surface area contributed by atoms with E-state index in [0.29, 0.717) is 0 Å². The van der Waals surface area contributed by atoms with Gasteiger partial charge in [-0.2, -0.15) is 4.52 Å². The zero-order valence-electron chi connectivity index (χ0n) is 13.0. The minimum absolute atomic E-state index is 0.0930. The van der Waals surface area contributed by atoms with E-state index < -0.39 is 10.0 Å². The van der Waals surface area contributed by atoms with Crippen LogP contribution in [0.4, 0.5) is 5.82 Å². The summed E-state index contributed by atoms with van der Waals surface area (Å²) in [5.74, 6) is 0.878. The summed E-state index contributed by atoms with van der Waals surface area (Å²) in [7, 11) is -1.36.